The van der Waals surface area contributed by atoms with E-state index in [0.717, 1.165) is 16.7 Å². The highest BCUT2D eigenvalue weighted by atomic mass is 16.5. The van der Waals surface area contributed by atoms with Crippen molar-refractivity contribution in [3.05, 3.63) is 113 Å². The van der Waals surface area contributed by atoms with Crippen molar-refractivity contribution in [2.75, 3.05) is 6.61 Å². The van der Waals surface area contributed by atoms with E-state index in [4.69, 9.17) is 9.73 Å². The number of aliphatic hydroxyl groups is 1. The summed E-state index contributed by atoms with van der Waals surface area (Å²) < 4.78 is 6.01. The summed E-state index contributed by atoms with van der Waals surface area (Å²) >= 11 is 0. The van der Waals surface area contributed by atoms with Gasteiger partial charge < -0.3 is 9.84 Å². The minimum Gasteiger partial charge on any atom is -0.475 e. The summed E-state index contributed by atoms with van der Waals surface area (Å²) in [4.78, 5) is 4.80. The molecule has 0 aliphatic carbocycles. The van der Waals surface area contributed by atoms with E-state index in [0.29, 0.717) is 18.1 Å². The number of rotatable bonds is 5. The Balaban J connectivity index is 1.98. The molecule has 0 fully saturated rings. The number of benzene rings is 3. The maximum absolute atomic E-state index is 12.3. The van der Waals surface area contributed by atoms with Crippen LogP contribution in [0.3, 0.4) is 0 Å². The Morgan fingerprint density at radius 3 is 1.79 bits per heavy atom. The lowest BCUT2D eigenvalue weighted by Gasteiger charge is -2.32. The van der Waals surface area contributed by atoms with Gasteiger partial charge in [-0.25, -0.2) is 4.99 Å². The summed E-state index contributed by atoms with van der Waals surface area (Å²) in [5.74, 6) is 0.481. The van der Waals surface area contributed by atoms with Crippen LogP contribution >= 0.6 is 0 Å². The van der Waals surface area contributed by atoms with E-state index in [1.807, 2.05) is 111 Å². The van der Waals surface area contributed by atoms with Crippen LogP contribution in [0.2, 0.25) is 0 Å². The summed E-state index contributed by atoms with van der Waals surface area (Å²) in [7, 11) is 0. The number of ether oxygens (including phenoxy) is 1. The van der Waals surface area contributed by atoms with Gasteiger partial charge in [0.05, 0.1) is 11.1 Å². The first-order valence-electron chi connectivity index (χ1n) is 9.83. The molecule has 3 heteroatoms. The van der Waals surface area contributed by atoms with Gasteiger partial charge in [0.1, 0.15) is 12.2 Å². The van der Waals surface area contributed by atoms with E-state index < -0.39 is 5.60 Å². The molecule has 0 bridgehead atoms. The molecule has 4 rings (SSSR count). The zero-order chi connectivity index (χ0) is 20.3. The molecular formula is C26H25NO2. The summed E-state index contributed by atoms with van der Waals surface area (Å²) in [6.45, 7) is 4.54. The second-order valence-electron chi connectivity index (χ2n) is 7.93. The second-order valence-corrected chi connectivity index (χ2v) is 7.93. The average molecular weight is 383 g/mol. The van der Waals surface area contributed by atoms with Gasteiger partial charge in [0.15, 0.2) is 0 Å². The molecule has 0 atom stereocenters. The first-order chi connectivity index (χ1) is 14.0. The molecule has 0 saturated carbocycles. The monoisotopic (exact) mass is 383 g/mol. The van der Waals surface area contributed by atoms with Crippen LogP contribution in [0.15, 0.2) is 102 Å². The highest BCUT2D eigenvalue weighted by molar-refractivity contribution is 6.02. The van der Waals surface area contributed by atoms with Crippen LogP contribution in [0.5, 0.6) is 0 Å². The first kappa shape index (κ1) is 19.2. The second kappa shape index (κ2) is 7.69. The smallest absolute Gasteiger partial charge is 0.216 e. The minimum absolute atomic E-state index is 0.334. The summed E-state index contributed by atoms with van der Waals surface area (Å²) in [5, 5.41) is 12.3. The average Bonchev–Trinajstić information content (AvgIpc) is 3.13. The number of nitrogens with zero attached hydrogens (tertiary/aromatic N) is 1. The van der Waals surface area contributed by atoms with Gasteiger partial charge in [-0.1, -0.05) is 91.0 Å². The Hall–Kier alpha value is -3.17. The van der Waals surface area contributed by atoms with E-state index in [1.54, 1.807) is 0 Å². The maximum Gasteiger partial charge on any atom is 0.216 e. The normalized spacial score (nSPS) is 16.2. The molecule has 0 saturated heterocycles. The van der Waals surface area contributed by atoms with Gasteiger partial charge in [0, 0.05) is 0 Å². The molecule has 1 aliphatic rings. The van der Waals surface area contributed by atoms with E-state index in [-0.39, 0.29) is 5.54 Å². The minimum atomic E-state index is -1.41. The fraction of sp³-hybridized carbons (Fsp3) is 0.192. The van der Waals surface area contributed by atoms with Crippen molar-refractivity contribution in [1.82, 2.24) is 0 Å². The number of aliphatic imine (C=N–C) groups is 1. The third-order valence-electron chi connectivity index (χ3n) is 5.08. The predicted molar refractivity (Wildman–Crippen MR) is 118 cm³/mol. The molecule has 29 heavy (non-hydrogen) atoms. The van der Waals surface area contributed by atoms with E-state index in [2.05, 4.69) is 0 Å². The van der Waals surface area contributed by atoms with Crippen LogP contribution < -0.4 is 0 Å². The van der Waals surface area contributed by atoms with Gasteiger partial charge in [0.2, 0.25) is 5.90 Å². The van der Waals surface area contributed by atoms with Crippen LogP contribution in [0.1, 0.15) is 30.5 Å². The Kier molecular flexibility index (Phi) is 5.08. The molecule has 0 radical (unpaired) electrons. The number of hydrogen-bond donors (Lipinski definition) is 1. The van der Waals surface area contributed by atoms with Crippen LogP contribution in [-0.4, -0.2) is 23.2 Å². The molecule has 1 N–H and O–H groups in total. The molecule has 0 aromatic heterocycles. The van der Waals surface area contributed by atoms with Crippen molar-refractivity contribution >= 4 is 12.0 Å². The van der Waals surface area contributed by atoms with Gasteiger partial charge >= 0.3 is 0 Å². The third-order valence-corrected chi connectivity index (χ3v) is 5.08. The van der Waals surface area contributed by atoms with Crippen LogP contribution in [0, 0.1) is 0 Å². The largest absolute Gasteiger partial charge is 0.475 e. The fourth-order valence-corrected chi connectivity index (χ4v) is 3.60. The molecule has 1 heterocycles. The Labute approximate surface area is 172 Å². The van der Waals surface area contributed by atoms with Crippen molar-refractivity contribution in [3.63, 3.8) is 0 Å². The summed E-state index contributed by atoms with van der Waals surface area (Å²) in [5.41, 5.74) is 1.40. The zero-order valence-electron chi connectivity index (χ0n) is 16.7. The Bertz CT molecular complexity index is 983. The molecule has 0 amide bonds. The molecule has 3 nitrogen and oxygen atoms in total. The topological polar surface area (TPSA) is 41.8 Å². The molecule has 146 valence electrons. The standard InChI is InChI=1S/C26H25NO2/c1-25(2)19-29-24(27-25)23(18-20-12-6-3-7-13-20)26(28,21-14-8-4-9-15-21)22-16-10-5-11-17-22/h3-18,28H,19H2,1-2H3/b23-18+. The van der Waals surface area contributed by atoms with E-state index >= 15 is 0 Å². The molecular weight excluding hydrogens is 358 g/mol. The van der Waals surface area contributed by atoms with Gasteiger partial charge in [-0.05, 0) is 36.6 Å². The van der Waals surface area contributed by atoms with Gasteiger partial charge in [-0.2, -0.15) is 0 Å². The molecule has 1 aliphatic heterocycles. The van der Waals surface area contributed by atoms with E-state index in [1.165, 1.54) is 0 Å². The van der Waals surface area contributed by atoms with Gasteiger partial charge in [-0.15, -0.1) is 0 Å². The third kappa shape index (κ3) is 3.87. The quantitative estimate of drug-likeness (QED) is 0.657. The van der Waals surface area contributed by atoms with Crippen LogP contribution in [-0.2, 0) is 10.3 Å². The van der Waals surface area contributed by atoms with Crippen molar-refractivity contribution in [1.29, 1.82) is 0 Å². The lowest BCUT2D eigenvalue weighted by Crippen LogP contribution is -2.34. The maximum atomic E-state index is 12.3. The summed E-state index contributed by atoms with van der Waals surface area (Å²) in [6.07, 6.45) is 1.97. The Morgan fingerprint density at radius 2 is 1.34 bits per heavy atom. The van der Waals surface area contributed by atoms with Crippen molar-refractivity contribution < 1.29 is 9.84 Å². The zero-order valence-corrected chi connectivity index (χ0v) is 16.7. The van der Waals surface area contributed by atoms with Gasteiger partial charge in [0.25, 0.3) is 0 Å². The predicted octanol–water partition coefficient (Wildman–Crippen LogP) is 5.21. The highest BCUT2D eigenvalue weighted by Gasteiger charge is 2.42. The fourth-order valence-electron chi connectivity index (χ4n) is 3.60. The van der Waals surface area contributed by atoms with Crippen molar-refractivity contribution in [2.45, 2.75) is 25.0 Å². The van der Waals surface area contributed by atoms with Crippen LogP contribution in [0.25, 0.3) is 6.08 Å². The van der Waals surface area contributed by atoms with Crippen LogP contribution in [0.4, 0.5) is 0 Å². The summed E-state index contributed by atoms with van der Waals surface area (Å²) in [6, 6.07) is 29.3. The molecule has 0 spiro atoms. The van der Waals surface area contributed by atoms with Gasteiger partial charge in [-0.3, -0.25) is 0 Å². The lowest BCUT2D eigenvalue weighted by atomic mass is 9.79. The van der Waals surface area contributed by atoms with Crippen molar-refractivity contribution in [3.8, 4) is 0 Å². The number of hydrogen-bond acceptors (Lipinski definition) is 3. The molecule has 3 aromatic rings. The SMILES string of the molecule is CC1(C)COC(/C(=C\c2ccccc2)C(O)(c2ccccc2)c2ccccc2)=N1. The highest BCUT2D eigenvalue weighted by Crippen LogP contribution is 2.40. The molecule has 0 unspecified atom stereocenters. The Morgan fingerprint density at radius 1 is 0.862 bits per heavy atom. The lowest BCUT2D eigenvalue weighted by molar-refractivity contribution is 0.124. The molecule has 3 aromatic carbocycles. The van der Waals surface area contributed by atoms with E-state index in [9.17, 15) is 5.11 Å². The van der Waals surface area contributed by atoms with Crippen molar-refractivity contribution in [2.24, 2.45) is 4.99 Å². The first-order valence-corrected chi connectivity index (χ1v) is 9.83.